The summed E-state index contributed by atoms with van der Waals surface area (Å²) >= 11 is 0. The Labute approximate surface area is 178 Å². The quantitative estimate of drug-likeness (QED) is 0.636. The Hall–Kier alpha value is -1.88. The van der Waals surface area contributed by atoms with Gasteiger partial charge in [0.2, 0.25) is 5.91 Å². The number of nitrogens with zero attached hydrogens (tertiary/aromatic N) is 2. The summed E-state index contributed by atoms with van der Waals surface area (Å²) < 4.78 is 44.4. The predicted molar refractivity (Wildman–Crippen MR) is 112 cm³/mol. The molecule has 0 aliphatic carbocycles. The molecule has 9 nitrogen and oxygen atoms in total. The number of carbonyl (C=O) groups is 1. The van der Waals surface area contributed by atoms with Crippen molar-refractivity contribution in [2.45, 2.75) is 19.3 Å². The van der Waals surface area contributed by atoms with Gasteiger partial charge in [-0.2, -0.15) is 17.0 Å². The van der Waals surface area contributed by atoms with Crippen LogP contribution in [-0.4, -0.2) is 83.1 Å². The molecule has 2 heterocycles. The highest BCUT2D eigenvalue weighted by Crippen LogP contribution is 2.27. The molecule has 3 rings (SSSR count). The zero-order valence-electron chi connectivity index (χ0n) is 17.6. The minimum absolute atomic E-state index is 0.0997. The second kappa shape index (κ2) is 10.4. The molecular weight excluding hydrogens is 410 g/mol. The summed E-state index contributed by atoms with van der Waals surface area (Å²) in [6.45, 7) is 2.69. The standard InChI is InChI=1S/C20H31N3O6S/c1-27-18-6-5-16(14-19(18)28-2)7-8-21-20(24)17-4-3-9-23(15-17)30(25,26)22-10-12-29-13-11-22/h5-6,14,17H,3-4,7-13,15H2,1-2H3,(H,21,24)/t17-/m1/s1. The van der Waals surface area contributed by atoms with E-state index >= 15 is 0 Å². The zero-order valence-corrected chi connectivity index (χ0v) is 18.4. The van der Waals surface area contributed by atoms with E-state index in [2.05, 4.69) is 5.32 Å². The van der Waals surface area contributed by atoms with E-state index in [0.717, 1.165) is 5.56 Å². The molecular formula is C20H31N3O6S. The lowest BCUT2D eigenvalue weighted by Gasteiger charge is -2.36. The van der Waals surface area contributed by atoms with Crippen molar-refractivity contribution in [3.05, 3.63) is 23.8 Å². The van der Waals surface area contributed by atoms with Gasteiger partial charge < -0.3 is 19.5 Å². The van der Waals surface area contributed by atoms with Gasteiger partial charge in [-0.15, -0.1) is 0 Å². The van der Waals surface area contributed by atoms with E-state index in [1.54, 1.807) is 14.2 Å². The fraction of sp³-hybridized carbons (Fsp3) is 0.650. The maximum atomic E-state index is 12.9. The molecule has 1 amide bonds. The lowest BCUT2D eigenvalue weighted by molar-refractivity contribution is -0.126. The van der Waals surface area contributed by atoms with E-state index in [1.807, 2.05) is 18.2 Å². The number of ether oxygens (including phenoxy) is 3. The van der Waals surface area contributed by atoms with Crippen LogP contribution in [0.1, 0.15) is 18.4 Å². The number of methoxy groups -OCH3 is 2. The third kappa shape index (κ3) is 5.42. The van der Waals surface area contributed by atoms with Crippen molar-refractivity contribution in [1.82, 2.24) is 13.9 Å². The molecule has 30 heavy (non-hydrogen) atoms. The van der Waals surface area contributed by atoms with E-state index in [9.17, 15) is 13.2 Å². The molecule has 2 aliphatic rings. The molecule has 2 saturated heterocycles. The van der Waals surface area contributed by atoms with Gasteiger partial charge in [-0.05, 0) is 37.0 Å². The molecule has 0 spiro atoms. The molecule has 1 N–H and O–H groups in total. The highest BCUT2D eigenvalue weighted by atomic mass is 32.2. The highest BCUT2D eigenvalue weighted by Gasteiger charge is 2.36. The third-order valence-corrected chi connectivity index (χ3v) is 7.54. The lowest BCUT2D eigenvalue weighted by atomic mass is 9.99. The Morgan fingerprint density at radius 2 is 1.87 bits per heavy atom. The number of nitrogens with one attached hydrogen (secondary N) is 1. The van der Waals surface area contributed by atoms with Gasteiger partial charge in [0.1, 0.15) is 0 Å². The van der Waals surface area contributed by atoms with Crippen molar-refractivity contribution in [3.8, 4) is 11.5 Å². The topological polar surface area (TPSA) is 97.4 Å². The van der Waals surface area contributed by atoms with E-state index < -0.39 is 10.2 Å². The third-order valence-electron chi connectivity index (χ3n) is 5.54. The van der Waals surface area contributed by atoms with Crippen molar-refractivity contribution in [1.29, 1.82) is 0 Å². The Bertz CT molecular complexity index is 826. The Balaban J connectivity index is 1.52. The number of piperidine rings is 1. The summed E-state index contributed by atoms with van der Waals surface area (Å²) in [4.78, 5) is 12.6. The van der Waals surface area contributed by atoms with Crippen molar-refractivity contribution in [2.75, 3.05) is 60.2 Å². The molecule has 1 atom stereocenters. The molecule has 0 bridgehead atoms. The SMILES string of the molecule is COc1ccc(CCNC(=O)[C@@H]2CCCN(S(=O)(=O)N3CCOCC3)C2)cc1OC. The van der Waals surface area contributed by atoms with E-state index in [0.29, 0.717) is 70.2 Å². The van der Waals surface area contributed by atoms with Crippen LogP contribution < -0.4 is 14.8 Å². The van der Waals surface area contributed by atoms with E-state index in [4.69, 9.17) is 14.2 Å². The number of hydrogen-bond acceptors (Lipinski definition) is 6. The first-order chi connectivity index (χ1) is 14.5. The fourth-order valence-electron chi connectivity index (χ4n) is 3.82. The Morgan fingerprint density at radius 3 is 2.57 bits per heavy atom. The summed E-state index contributed by atoms with van der Waals surface area (Å²) in [5, 5.41) is 2.95. The molecule has 0 radical (unpaired) electrons. The summed E-state index contributed by atoms with van der Waals surface area (Å²) in [5.74, 6) is 0.879. The van der Waals surface area contributed by atoms with Gasteiger partial charge in [0.25, 0.3) is 10.2 Å². The van der Waals surface area contributed by atoms with Crippen LogP contribution in [0, 0.1) is 5.92 Å². The maximum absolute atomic E-state index is 12.9. The van der Waals surface area contributed by atoms with Crippen LogP contribution in [0.5, 0.6) is 11.5 Å². The monoisotopic (exact) mass is 441 g/mol. The van der Waals surface area contributed by atoms with Gasteiger partial charge in [-0.1, -0.05) is 6.07 Å². The number of hydrogen-bond donors (Lipinski definition) is 1. The molecule has 0 unspecified atom stereocenters. The van der Waals surface area contributed by atoms with Crippen molar-refractivity contribution >= 4 is 16.1 Å². The molecule has 2 fully saturated rings. The van der Waals surface area contributed by atoms with Crippen LogP contribution in [0.15, 0.2) is 18.2 Å². The average molecular weight is 442 g/mol. The van der Waals surface area contributed by atoms with Crippen molar-refractivity contribution < 1.29 is 27.4 Å². The Morgan fingerprint density at radius 1 is 1.13 bits per heavy atom. The summed E-state index contributed by atoms with van der Waals surface area (Å²) in [6, 6.07) is 5.67. The van der Waals surface area contributed by atoms with Crippen LogP contribution >= 0.6 is 0 Å². The van der Waals surface area contributed by atoms with Gasteiger partial charge >= 0.3 is 0 Å². The fourth-order valence-corrected chi connectivity index (χ4v) is 5.48. The largest absolute Gasteiger partial charge is 0.493 e. The number of rotatable bonds is 8. The Kier molecular flexibility index (Phi) is 7.93. The second-order valence-corrected chi connectivity index (χ2v) is 9.38. The first kappa shape index (κ1) is 22.8. The summed E-state index contributed by atoms with van der Waals surface area (Å²) in [6.07, 6.45) is 2.02. The molecule has 2 aliphatic heterocycles. The van der Waals surface area contributed by atoms with Crippen molar-refractivity contribution in [2.24, 2.45) is 5.92 Å². The molecule has 1 aromatic carbocycles. The number of morpholine rings is 1. The molecule has 1 aromatic rings. The van der Waals surface area contributed by atoms with Gasteiger partial charge in [0.15, 0.2) is 11.5 Å². The van der Waals surface area contributed by atoms with Crippen LogP contribution in [-0.2, 0) is 26.2 Å². The van der Waals surface area contributed by atoms with Crippen LogP contribution in [0.3, 0.4) is 0 Å². The smallest absolute Gasteiger partial charge is 0.282 e. The van der Waals surface area contributed by atoms with Crippen LogP contribution in [0.25, 0.3) is 0 Å². The summed E-state index contributed by atoms with van der Waals surface area (Å²) in [7, 11) is -0.374. The minimum Gasteiger partial charge on any atom is -0.493 e. The van der Waals surface area contributed by atoms with Crippen molar-refractivity contribution in [3.63, 3.8) is 0 Å². The molecule has 0 aromatic heterocycles. The van der Waals surface area contributed by atoms with Gasteiger partial charge in [0.05, 0.1) is 33.4 Å². The van der Waals surface area contributed by atoms with Crippen LogP contribution in [0.2, 0.25) is 0 Å². The molecule has 0 saturated carbocycles. The average Bonchev–Trinajstić information content (AvgIpc) is 2.79. The van der Waals surface area contributed by atoms with E-state index in [1.165, 1.54) is 8.61 Å². The lowest BCUT2D eigenvalue weighted by Crippen LogP contribution is -2.53. The minimum atomic E-state index is -3.55. The number of benzene rings is 1. The van der Waals surface area contributed by atoms with Crippen LogP contribution in [0.4, 0.5) is 0 Å². The first-order valence-corrected chi connectivity index (χ1v) is 11.7. The first-order valence-electron chi connectivity index (χ1n) is 10.3. The zero-order chi connectivity index (χ0) is 21.6. The number of carbonyl (C=O) groups excluding carboxylic acids is 1. The molecule has 168 valence electrons. The molecule has 10 heteroatoms. The van der Waals surface area contributed by atoms with Gasteiger partial charge in [-0.25, -0.2) is 0 Å². The second-order valence-electron chi connectivity index (χ2n) is 7.45. The van der Waals surface area contributed by atoms with Gasteiger partial charge in [-0.3, -0.25) is 4.79 Å². The van der Waals surface area contributed by atoms with E-state index in [-0.39, 0.29) is 18.4 Å². The number of amides is 1. The predicted octanol–water partition coefficient (Wildman–Crippen LogP) is 0.652. The summed E-state index contributed by atoms with van der Waals surface area (Å²) in [5.41, 5.74) is 1.02. The normalized spacial score (nSPS) is 21.2. The van der Waals surface area contributed by atoms with Gasteiger partial charge in [0, 0.05) is 32.7 Å². The highest BCUT2D eigenvalue weighted by molar-refractivity contribution is 7.86. The maximum Gasteiger partial charge on any atom is 0.282 e.